The summed E-state index contributed by atoms with van der Waals surface area (Å²) in [4.78, 5) is 24.9. The summed E-state index contributed by atoms with van der Waals surface area (Å²) in [6.07, 6.45) is 0.492. The highest BCUT2D eigenvalue weighted by molar-refractivity contribution is 5.95. The molecule has 2 N–H and O–H groups in total. The summed E-state index contributed by atoms with van der Waals surface area (Å²) in [6.45, 7) is 0.711. The molecule has 0 aliphatic carbocycles. The standard InChI is InChI=1S/C13H13N5O3/c19-12(18-5-4-10(7-18)13(20)21)9-3-1-2-8(6-9)11-14-16-17-15-11/h1-3,6,10H,4-5,7H2,(H,20,21)(H,14,15,16,17). The lowest BCUT2D eigenvalue weighted by Crippen LogP contribution is -2.29. The highest BCUT2D eigenvalue weighted by Crippen LogP contribution is 2.21. The number of hydrogen-bond acceptors (Lipinski definition) is 5. The van der Waals surface area contributed by atoms with Crippen molar-refractivity contribution in [1.82, 2.24) is 25.5 Å². The number of aromatic nitrogens is 4. The molecule has 2 aromatic rings. The lowest BCUT2D eigenvalue weighted by Gasteiger charge is -2.16. The Morgan fingerprint density at radius 3 is 2.90 bits per heavy atom. The van der Waals surface area contributed by atoms with Crippen LogP contribution in [0.3, 0.4) is 0 Å². The van der Waals surface area contributed by atoms with Gasteiger partial charge in [-0.15, -0.1) is 10.2 Å². The minimum Gasteiger partial charge on any atom is -0.481 e. The van der Waals surface area contributed by atoms with Gasteiger partial charge in [0.2, 0.25) is 5.82 Å². The van der Waals surface area contributed by atoms with Crippen LogP contribution in [0.1, 0.15) is 16.8 Å². The van der Waals surface area contributed by atoms with Gasteiger partial charge in [-0.25, -0.2) is 0 Å². The zero-order valence-electron chi connectivity index (χ0n) is 11.1. The first kappa shape index (κ1) is 13.2. The zero-order valence-corrected chi connectivity index (χ0v) is 11.1. The van der Waals surface area contributed by atoms with Crippen LogP contribution in [0, 0.1) is 5.92 Å². The molecule has 0 saturated carbocycles. The number of nitrogens with one attached hydrogen (secondary N) is 1. The van der Waals surface area contributed by atoms with Gasteiger partial charge in [0.1, 0.15) is 0 Å². The van der Waals surface area contributed by atoms with Crippen LogP contribution < -0.4 is 0 Å². The fraction of sp³-hybridized carbons (Fsp3) is 0.308. The van der Waals surface area contributed by atoms with Crippen LogP contribution >= 0.6 is 0 Å². The second kappa shape index (κ2) is 5.31. The number of aliphatic carboxylic acids is 1. The Morgan fingerprint density at radius 1 is 1.38 bits per heavy atom. The average Bonchev–Trinajstić information content (AvgIpc) is 3.18. The number of carbonyl (C=O) groups excluding carboxylic acids is 1. The number of carbonyl (C=O) groups is 2. The Kier molecular flexibility index (Phi) is 3.35. The maximum atomic E-state index is 12.4. The van der Waals surface area contributed by atoms with Gasteiger partial charge in [-0.2, -0.15) is 5.21 Å². The van der Waals surface area contributed by atoms with E-state index >= 15 is 0 Å². The number of H-pyrrole nitrogens is 1. The molecule has 0 radical (unpaired) electrons. The number of tetrazole rings is 1. The van der Waals surface area contributed by atoms with Crippen molar-refractivity contribution >= 4 is 11.9 Å². The third kappa shape index (κ3) is 2.60. The molecule has 1 saturated heterocycles. The van der Waals surface area contributed by atoms with Gasteiger partial charge in [-0.05, 0) is 23.8 Å². The summed E-state index contributed by atoms with van der Waals surface area (Å²) >= 11 is 0. The molecule has 1 aliphatic heterocycles. The van der Waals surface area contributed by atoms with Crippen LogP contribution in [0.4, 0.5) is 0 Å². The van der Waals surface area contributed by atoms with Crippen LogP contribution in [0.2, 0.25) is 0 Å². The van der Waals surface area contributed by atoms with E-state index in [1.54, 1.807) is 29.2 Å². The molecule has 3 rings (SSSR count). The molecule has 1 amide bonds. The van der Waals surface area contributed by atoms with Gasteiger partial charge in [-0.3, -0.25) is 9.59 Å². The predicted octanol–water partition coefficient (Wildman–Crippen LogP) is 0.413. The summed E-state index contributed by atoms with van der Waals surface area (Å²) in [5.74, 6) is -1.10. The Hall–Kier alpha value is -2.77. The largest absolute Gasteiger partial charge is 0.481 e. The van der Waals surface area contributed by atoms with E-state index in [-0.39, 0.29) is 12.5 Å². The van der Waals surface area contributed by atoms with Crippen LogP contribution in [0.15, 0.2) is 24.3 Å². The molecule has 1 aromatic carbocycles. The van der Waals surface area contributed by atoms with E-state index in [2.05, 4.69) is 20.6 Å². The van der Waals surface area contributed by atoms with Crippen molar-refractivity contribution in [2.45, 2.75) is 6.42 Å². The highest BCUT2D eigenvalue weighted by Gasteiger charge is 2.31. The van der Waals surface area contributed by atoms with Crippen molar-refractivity contribution in [1.29, 1.82) is 0 Å². The van der Waals surface area contributed by atoms with Gasteiger partial charge >= 0.3 is 5.97 Å². The molecule has 8 heteroatoms. The Morgan fingerprint density at radius 2 is 2.24 bits per heavy atom. The maximum absolute atomic E-state index is 12.4. The second-order valence-corrected chi connectivity index (χ2v) is 4.89. The van der Waals surface area contributed by atoms with Crippen LogP contribution in [0.25, 0.3) is 11.4 Å². The molecule has 1 aliphatic rings. The molecule has 1 unspecified atom stereocenters. The lowest BCUT2D eigenvalue weighted by atomic mass is 10.1. The summed E-state index contributed by atoms with van der Waals surface area (Å²) in [6, 6.07) is 6.90. The SMILES string of the molecule is O=C(O)C1CCN(C(=O)c2cccc(-c3nn[nH]n3)c2)C1. The van der Waals surface area contributed by atoms with Crippen molar-refractivity contribution in [3.05, 3.63) is 29.8 Å². The number of carboxylic acid groups (broad SMARTS) is 1. The smallest absolute Gasteiger partial charge is 0.308 e. The van der Waals surface area contributed by atoms with Crippen molar-refractivity contribution in [3.8, 4) is 11.4 Å². The zero-order chi connectivity index (χ0) is 14.8. The normalized spacial score (nSPS) is 17.9. The molecular formula is C13H13N5O3. The van der Waals surface area contributed by atoms with E-state index in [4.69, 9.17) is 5.11 Å². The molecule has 108 valence electrons. The van der Waals surface area contributed by atoms with Crippen molar-refractivity contribution in [2.24, 2.45) is 5.92 Å². The van der Waals surface area contributed by atoms with Crippen LogP contribution in [-0.2, 0) is 4.79 Å². The number of aromatic amines is 1. The van der Waals surface area contributed by atoms with E-state index < -0.39 is 11.9 Å². The summed E-state index contributed by atoms with van der Waals surface area (Å²) in [5, 5.41) is 22.6. The monoisotopic (exact) mass is 287 g/mol. The van der Waals surface area contributed by atoms with Gasteiger partial charge in [-0.1, -0.05) is 12.1 Å². The van der Waals surface area contributed by atoms with Crippen molar-refractivity contribution in [3.63, 3.8) is 0 Å². The molecule has 21 heavy (non-hydrogen) atoms. The van der Waals surface area contributed by atoms with Crippen LogP contribution in [-0.4, -0.2) is 55.6 Å². The molecule has 1 fully saturated rings. The fourth-order valence-corrected chi connectivity index (χ4v) is 2.40. The first-order valence-corrected chi connectivity index (χ1v) is 6.51. The molecular weight excluding hydrogens is 274 g/mol. The van der Waals surface area contributed by atoms with Gasteiger partial charge in [0.15, 0.2) is 0 Å². The summed E-state index contributed by atoms with van der Waals surface area (Å²) < 4.78 is 0. The van der Waals surface area contributed by atoms with Gasteiger partial charge in [0.05, 0.1) is 5.92 Å². The molecule has 8 nitrogen and oxygen atoms in total. The highest BCUT2D eigenvalue weighted by atomic mass is 16.4. The van der Waals surface area contributed by atoms with Gasteiger partial charge in [0, 0.05) is 24.2 Å². The number of hydrogen-bond donors (Lipinski definition) is 2. The first-order chi connectivity index (χ1) is 10.1. The Labute approximate surface area is 119 Å². The topological polar surface area (TPSA) is 112 Å². The minimum absolute atomic E-state index is 0.177. The molecule has 2 heterocycles. The lowest BCUT2D eigenvalue weighted by molar-refractivity contribution is -0.141. The number of carboxylic acids is 1. The minimum atomic E-state index is -0.856. The first-order valence-electron chi connectivity index (χ1n) is 6.51. The average molecular weight is 287 g/mol. The van der Waals surface area contributed by atoms with Crippen molar-refractivity contribution < 1.29 is 14.7 Å². The second-order valence-electron chi connectivity index (χ2n) is 4.89. The van der Waals surface area contributed by atoms with Crippen LogP contribution in [0.5, 0.6) is 0 Å². The third-order valence-corrected chi connectivity index (χ3v) is 3.54. The van der Waals surface area contributed by atoms with Gasteiger partial charge in [0.25, 0.3) is 5.91 Å². The fourth-order valence-electron chi connectivity index (χ4n) is 2.40. The van der Waals surface area contributed by atoms with Crippen molar-refractivity contribution in [2.75, 3.05) is 13.1 Å². The van der Waals surface area contributed by atoms with E-state index in [0.717, 1.165) is 0 Å². The Balaban J connectivity index is 1.80. The predicted molar refractivity (Wildman–Crippen MR) is 71.3 cm³/mol. The number of amides is 1. The number of rotatable bonds is 3. The van der Waals surface area contributed by atoms with Gasteiger partial charge < -0.3 is 10.0 Å². The third-order valence-electron chi connectivity index (χ3n) is 3.54. The van der Waals surface area contributed by atoms with E-state index in [0.29, 0.717) is 29.9 Å². The quantitative estimate of drug-likeness (QED) is 0.845. The summed E-state index contributed by atoms with van der Waals surface area (Å²) in [5.41, 5.74) is 1.17. The van der Waals surface area contributed by atoms with E-state index in [9.17, 15) is 9.59 Å². The molecule has 0 spiro atoms. The summed E-state index contributed by atoms with van der Waals surface area (Å²) in [7, 11) is 0. The molecule has 1 atom stereocenters. The number of likely N-dealkylation sites (tertiary alicyclic amines) is 1. The molecule has 1 aromatic heterocycles. The van der Waals surface area contributed by atoms with E-state index in [1.165, 1.54) is 0 Å². The number of benzene rings is 1. The number of nitrogens with zero attached hydrogens (tertiary/aromatic N) is 4. The Bertz CT molecular complexity index is 670. The maximum Gasteiger partial charge on any atom is 0.308 e. The van der Waals surface area contributed by atoms with E-state index in [1.807, 2.05) is 0 Å². The molecule has 0 bridgehead atoms.